The Labute approximate surface area is 44.7 Å². The molecule has 0 aromatic carbocycles. The van der Waals surface area contributed by atoms with Gasteiger partial charge in [-0.1, -0.05) is 0 Å². The molecule has 0 bridgehead atoms. The Balaban J connectivity index is 1.97. The summed E-state index contributed by atoms with van der Waals surface area (Å²) in [5.41, 5.74) is 0. The molecule has 0 fully saturated rings. The third kappa shape index (κ3) is 3.39. The van der Waals surface area contributed by atoms with Gasteiger partial charge in [0, 0.05) is 29.2 Å². The standard InChI is InChI=1S/HIOS2/c1-3-4-2/h2H. The van der Waals surface area contributed by atoms with E-state index >= 15 is 0 Å². The maximum absolute atomic E-state index is 7.75. The van der Waals surface area contributed by atoms with E-state index in [0.29, 0.717) is 0 Å². The summed E-state index contributed by atoms with van der Waals surface area (Å²) in [6.45, 7) is 0. The first kappa shape index (κ1) is 5.39. The zero-order chi connectivity index (χ0) is 3.41. The first-order valence-electron chi connectivity index (χ1n) is 0.504. The Kier molecular flexibility index (Phi) is 5.92. The van der Waals surface area contributed by atoms with Gasteiger partial charge < -0.3 is 4.55 Å². The fraction of sp³-hybridized carbons (Fsp3) is 0. The predicted molar refractivity (Wildman–Crippen MR) is 31.8 cm³/mol. The second kappa shape index (κ2) is 4.39. The molecule has 0 atom stereocenters. The van der Waals surface area contributed by atoms with Crippen LogP contribution in [0.25, 0.3) is 0 Å². The minimum atomic E-state index is 0.760. The molecule has 0 spiro atoms. The normalized spacial score (nSPS) is 7.50. The Hall–Kier alpha value is 1.39. The molecule has 0 saturated carbocycles. The van der Waals surface area contributed by atoms with Gasteiger partial charge in [-0.25, -0.2) is 0 Å². The molecule has 0 aromatic rings. The van der Waals surface area contributed by atoms with Gasteiger partial charge in [0.15, 0.2) is 0 Å². The smallest absolute Gasteiger partial charge is 0.0706 e. The molecule has 0 rings (SSSR count). The molecule has 1 N–H and O–H groups in total. The van der Waals surface area contributed by atoms with Crippen LogP contribution in [0.5, 0.6) is 0 Å². The van der Waals surface area contributed by atoms with Crippen molar-refractivity contribution in [1.82, 2.24) is 0 Å². The summed E-state index contributed by atoms with van der Waals surface area (Å²) >= 11 is 2.74. The third-order valence-electron chi connectivity index (χ3n) is 0.0282. The maximum atomic E-state index is 7.75. The molecule has 0 heterocycles. The van der Waals surface area contributed by atoms with E-state index in [-0.39, 0.29) is 0 Å². The van der Waals surface area contributed by atoms with Crippen molar-refractivity contribution in [3.63, 3.8) is 0 Å². The van der Waals surface area contributed by atoms with Gasteiger partial charge in [-0.15, -0.1) is 0 Å². The van der Waals surface area contributed by atoms with Gasteiger partial charge in [0.25, 0.3) is 0 Å². The van der Waals surface area contributed by atoms with Crippen molar-refractivity contribution in [2.75, 3.05) is 0 Å². The summed E-state index contributed by atoms with van der Waals surface area (Å²) in [5, 5.41) is 0. The fourth-order valence-corrected chi connectivity index (χ4v) is 0. The van der Waals surface area contributed by atoms with E-state index in [1.165, 1.54) is 7.97 Å². The van der Waals surface area contributed by atoms with E-state index in [1.54, 1.807) is 0 Å². The van der Waals surface area contributed by atoms with E-state index in [1.807, 2.05) is 21.2 Å². The van der Waals surface area contributed by atoms with Crippen molar-refractivity contribution in [3.05, 3.63) is 0 Å². The summed E-state index contributed by atoms with van der Waals surface area (Å²) in [5.74, 6) is 0. The largest absolute Gasteiger partial charge is 0.320 e. The van der Waals surface area contributed by atoms with Gasteiger partial charge in [-0.3, -0.25) is 0 Å². The lowest BCUT2D eigenvalue weighted by Gasteiger charge is -1.64. The summed E-state index contributed by atoms with van der Waals surface area (Å²) in [4.78, 5) is 0. The van der Waals surface area contributed by atoms with Gasteiger partial charge in [-0.2, -0.15) is 0 Å². The highest BCUT2D eigenvalue weighted by Crippen LogP contribution is 2.23. The van der Waals surface area contributed by atoms with Crippen molar-refractivity contribution in [2.45, 2.75) is 0 Å². The first-order valence-corrected chi connectivity index (χ1v) is 5.15. The van der Waals surface area contributed by atoms with Gasteiger partial charge in [0.05, 0.1) is 11.1 Å². The fourth-order valence-electron chi connectivity index (χ4n) is 0. The van der Waals surface area contributed by atoms with Crippen LogP contribution in [0.1, 0.15) is 0 Å². The Morgan fingerprint density at radius 3 is 2.00 bits per heavy atom. The highest BCUT2D eigenvalue weighted by Gasteiger charge is 1.61. The molecule has 4 heteroatoms. The second-order valence-corrected chi connectivity index (χ2v) is 4.47. The van der Waals surface area contributed by atoms with Gasteiger partial charge in [0.2, 0.25) is 0 Å². The van der Waals surface area contributed by atoms with Crippen LogP contribution < -0.4 is 0 Å². The molecule has 0 aliphatic rings. The molecule has 0 radical (unpaired) electrons. The second-order valence-electron chi connectivity index (χ2n) is 0.138. The first-order chi connectivity index (χ1) is 1.91. The molecule has 1 nitrogen and oxygen atoms in total. The lowest BCUT2D eigenvalue weighted by molar-refractivity contribution is 0.676. The molecule has 0 saturated heterocycles. The number of rotatable bonds is 1. The Morgan fingerprint density at radius 2 is 2.00 bits per heavy atom. The SMILES string of the molecule is OSSI. The van der Waals surface area contributed by atoms with Crippen LogP contribution in [0.3, 0.4) is 0 Å². The van der Waals surface area contributed by atoms with Crippen molar-refractivity contribution in [1.29, 1.82) is 0 Å². The summed E-state index contributed by atoms with van der Waals surface area (Å²) in [6.07, 6.45) is 0. The van der Waals surface area contributed by atoms with E-state index in [0.717, 1.165) is 11.1 Å². The average molecular weight is 208 g/mol. The molecule has 0 unspecified atom stereocenters. The third-order valence-corrected chi connectivity index (χ3v) is 1.70. The van der Waals surface area contributed by atoms with E-state index in [9.17, 15) is 0 Å². The van der Waals surface area contributed by atoms with E-state index in [4.69, 9.17) is 4.55 Å². The van der Waals surface area contributed by atoms with Crippen molar-refractivity contribution in [3.8, 4) is 0 Å². The quantitative estimate of drug-likeness (QED) is 0.405. The van der Waals surface area contributed by atoms with Crippen LogP contribution in [0.2, 0.25) is 0 Å². The Bertz CT molecular complexity index is 8.00. The summed E-state index contributed by atoms with van der Waals surface area (Å²) in [6, 6.07) is 0. The molecule has 0 aliphatic carbocycles. The zero-order valence-electron chi connectivity index (χ0n) is 1.64. The molecule has 0 aliphatic heterocycles. The lowest BCUT2D eigenvalue weighted by atomic mass is 15.9. The van der Waals surface area contributed by atoms with Gasteiger partial charge in [-0.05, 0) is 0 Å². The topological polar surface area (TPSA) is 20.2 Å². The van der Waals surface area contributed by atoms with Crippen LogP contribution in [0.4, 0.5) is 0 Å². The molecule has 4 heavy (non-hydrogen) atoms. The highest BCUT2D eigenvalue weighted by atomic mass is 127. The molecular formula is HIOS2. The number of hydrogen-bond acceptors (Lipinski definition) is 3. The van der Waals surface area contributed by atoms with Crippen LogP contribution >= 0.6 is 40.2 Å². The molecule has 26 valence electrons. The monoisotopic (exact) mass is 208 g/mol. The predicted octanol–water partition coefficient (Wildman–Crippen LogP) is 2.19. The van der Waals surface area contributed by atoms with E-state index < -0.39 is 0 Å². The van der Waals surface area contributed by atoms with Gasteiger partial charge >= 0.3 is 0 Å². The van der Waals surface area contributed by atoms with Crippen LogP contribution in [-0.2, 0) is 0 Å². The van der Waals surface area contributed by atoms with Crippen molar-refractivity contribution < 1.29 is 4.55 Å². The molecule has 0 amide bonds. The summed E-state index contributed by atoms with van der Waals surface area (Å²) in [7, 11) is 1.30. The summed E-state index contributed by atoms with van der Waals surface area (Å²) < 4.78 is 7.75. The van der Waals surface area contributed by atoms with Crippen molar-refractivity contribution >= 4 is 40.2 Å². The molecule has 0 aromatic heterocycles. The minimum Gasteiger partial charge on any atom is -0.320 e. The zero-order valence-corrected chi connectivity index (χ0v) is 5.43. The minimum absolute atomic E-state index is 0.760. The highest BCUT2D eigenvalue weighted by molar-refractivity contribution is 14.2. The van der Waals surface area contributed by atoms with Crippen molar-refractivity contribution in [2.24, 2.45) is 0 Å². The average Bonchev–Trinajstić information content (AvgIpc) is 1.37. The number of hydrogen-bond donors (Lipinski definition) is 1. The van der Waals surface area contributed by atoms with Gasteiger partial charge in [0.1, 0.15) is 0 Å². The van der Waals surface area contributed by atoms with Crippen LogP contribution in [0.15, 0.2) is 0 Å². The number of halogens is 1. The van der Waals surface area contributed by atoms with Crippen LogP contribution in [-0.4, -0.2) is 4.55 Å². The Morgan fingerprint density at radius 1 is 1.75 bits per heavy atom. The van der Waals surface area contributed by atoms with Crippen LogP contribution in [0, 0.1) is 0 Å². The maximum Gasteiger partial charge on any atom is 0.0706 e. The molecular weight excluding hydrogens is 207 g/mol. The lowest BCUT2D eigenvalue weighted by Crippen LogP contribution is -1.19. The van der Waals surface area contributed by atoms with E-state index in [2.05, 4.69) is 0 Å².